The average Bonchev–Trinajstić information content (AvgIpc) is 3.48. The Morgan fingerprint density at radius 1 is 1.08 bits per heavy atom. The van der Waals surface area contributed by atoms with Gasteiger partial charge in [0.2, 0.25) is 5.91 Å². The molecule has 0 aliphatic rings. The van der Waals surface area contributed by atoms with Crippen molar-refractivity contribution in [2.24, 2.45) is 0 Å². The third-order valence-corrected chi connectivity index (χ3v) is 6.68. The molecule has 1 amide bonds. The van der Waals surface area contributed by atoms with Gasteiger partial charge < -0.3 is 10.3 Å². The maximum absolute atomic E-state index is 12.7. The van der Waals surface area contributed by atoms with E-state index < -0.39 is 4.92 Å². The molecule has 2 heterocycles. The molecule has 0 aliphatic carbocycles. The van der Waals surface area contributed by atoms with Crippen LogP contribution in [-0.4, -0.2) is 36.3 Å². The van der Waals surface area contributed by atoms with Crippen LogP contribution < -0.4 is 5.32 Å². The van der Waals surface area contributed by atoms with E-state index in [1.165, 1.54) is 23.9 Å². The molecule has 0 saturated heterocycles. The predicted molar refractivity (Wildman–Crippen MR) is 141 cm³/mol. The van der Waals surface area contributed by atoms with Crippen LogP contribution in [0.2, 0.25) is 0 Å². The molecule has 0 atom stereocenters. The van der Waals surface area contributed by atoms with Gasteiger partial charge >= 0.3 is 0 Å². The predicted octanol–water partition coefficient (Wildman–Crippen LogP) is 5.67. The number of nitro benzene ring substituents is 1. The number of H-pyrrole nitrogens is 1. The molecule has 0 saturated carbocycles. The lowest BCUT2D eigenvalue weighted by molar-refractivity contribution is -0.384. The number of nitrogens with one attached hydrogen (secondary N) is 2. The third kappa shape index (κ3) is 4.58. The van der Waals surface area contributed by atoms with Crippen LogP contribution in [0.1, 0.15) is 11.1 Å². The summed E-state index contributed by atoms with van der Waals surface area (Å²) in [5.74, 6) is 0.519. The minimum Gasteiger partial charge on any atom is -0.360 e. The van der Waals surface area contributed by atoms with Crippen molar-refractivity contribution in [3.05, 3.63) is 94.2 Å². The third-order valence-electron chi connectivity index (χ3n) is 5.75. The number of hydrogen-bond donors (Lipinski definition) is 2. The van der Waals surface area contributed by atoms with Gasteiger partial charge in [-0.15, -0.1) is 10.2 Å². The number of hydrogen-bond acceptors (Lipinski definition) is 6. The van der Waals surface area contributed by atoms with E-state index in [0.717, 1.165) is 27.7 Å². The fourth-order valence-electron chi connectivity index (χ4n) is 4.01. The highest BCUT2D eigenvalue weighted by atomic mass is 32.2. The number of amides is 1. The van der Waals surface area contributed by atoms with Gasteiger partial charge in [-0.05, 0) is 49.2 Å². The number of aryl methyl sites for hydroxylation is 2. The van der Waals surface area contributed by atoms with E-state index in [2.05, 4.69) is 20.5 Å². The molecule has 180 valence electrons. The van der Waals surface area contributed by atoms with Crippen LogP contribution in [0, 0.1) is 24.0 Å². The number of rotatable bonds is 7. The molecular weight excluding hydrogens is 476 g/mol. The second kappa shape index (κ2) is 9.67. The highest BCUT2D eigenvalue weighted by Gasteiger charge is 2.20. The van der Waals surface area contributed by atoms with Crippen molar-refractivity contribution in [2.45, 2.75) is 19.0 Å². The maximum Gasteiger partial charge on any atom is 0.269 e. The zero-order valence-electron chi connectivity index (χ0n) is 19.6. The van der Waals surface area contributed by atoms with E-state index in [9.17, 15) is 14.9 Å². The number of benzene rings is 3. The van der Waals surface area contributed by atoms with Gasteiger partial charge in [0, 0.05) is 46.2 Å². The normalized spacial score (nSPS) is 11.1. The summed E-state index contributed by atoms with van der Waals surface area (Å²) in [5, 5.41) is 24.3. The second-order valence-corrected chi connectivity index (χ2v) is 9.26. The summed E-state index contributed by atoms with van der Waals surface area (Å²) >= 11 is 1.27. The largest absolute Gasteiger partial charge is 0.360 e. The Morgan fingerprint density at radius 3 is 2.69 bits per heavy atom. The molecule has 0 unspecified atom stereocenters. The fourth-order valence-corrected chi connectivity index (χ4v) is 4.76. The molecule has 2 aromatic heterocycles. The van der Waals surface area contributed by atoms with E-state index in [-0.39, 0.29) is 17.3 Å². The average molecular weight is 499 g/mol. The number of fused-ring (bicyclic) bond motifs is 1. The minimum atomic E-state index is -0.460. The van der Waals surface area contributed by atoms with Crippen molar-refractivity contribution in [2.75, 3.05) is 11.1 Å². The fraction of sp³-hybridized carbons (Fsp3) is 0.115. The summed E-state index contributed by atoms with van der Waals surface area (Å²) in [5.41, 5.74) is 5.03. The molecule has 5 aromatic rings. The molecule has 5 rings (SSSR count). The molecule has 0 radical (unpaired) electrons. The first-order valence-corrected chi connectivity index (χ1v) is 12.2. The molecular formula is C26H22N6O3S. The number of carbonyl (C=O) groups excluding carboxylic acids is 1. The van der Waals surface area contributed by atoms with Crippen molar-refractivity contribution in [3.8, 4) is 17.1 Å². The summed E-state index contributed by atoms with van der Waals surface area (Å²) in [6.45, 7) is 3.74. The van der Waals surface area contributed by atoms with Crippen LogP contribution in [0.15, 0.2) is 78.1 Å². The second-order valence-electron chi connectivity index (χ2n) is 8.32. The molecule has 0 bridgehead atoms. The molecule has 0 aliphatic heterocycles. The number of nitro groups is 1. The molecule has 9 nitrogen and oxygen atoms in total. The standard InChI is InChI=1S/C26H22N6O3S/c1-16-6-5-7-18(12-16)31-25(21-14-27-23-9-4-3-8-20(21)23)29-30-26(31)36-15-24(33)28-22-11-10-19(32(34)35)13-17(22)2/h3-14,27H,15H2,1-2H3,(H,28,33). The number of non-ortho nitro benzene ring substituents is 1. The highest BCUT2D eigenvalue weighted by Crippen LogP contribution is 2.32. The number of aromatic amines is 1. The first kappa shape index (κ1) is 23.3. The lowest BCUT2D eigenvalue weighted by Gasteiger charge is -2.11. The van der Waals surface area contributed by atoms with E-state index >= 15 is 0 Å². The lowest BCUT2D eigenvalue weighted by atomic mass is 10.1. The van der Waals surface area contributed by atoms with E-state index in [1.54, 1.807) is 13.0 Å². The zero-order valence-corrected chi connectivity index (χ0v) is 20.4. The number of nitrogens with zero attached hydrogens (tertiary/aromatic N) is 4. The van der Waals surface area contributed by atoms with Gasteiger partial charge in [0.05, 0.1) is 10.7 Å². The summed E-state index contributed by atoms with van der Waals surface area (Å²) in [4.78, 5) is 26.5. The van der Waals surface area contributed by atoms with E-state index in [4.69, 9.17) is 0 Å². The molecule has 36 heavy (non-hydrogen) atoms. The van der Waals surface area contributed by atoms with Gasteiger partial charge in [-0.1, -0.05) is 42.1 Å². The van der Waals surface area contributed by atoms with Crippen LogP contribution in [0.3, 0.4) is 0 Å². The topological polar surface area (TPSA) is 119 Å². The van der Waals surface area contributed by atoms with Gasteiger partial charge in [-0.25, -0.2) is 0 Å². The quantitative estimate of drug-likeness (QED) is 0.169. The molecule has 0 fully saturated rings. The highest BCUT2D eigenvalue weighted by molar-refractivity contribution is 7.99. The Bertz CT molecular complexity index is 1610. The summed E-state index contributed by atoms with van der Waals surface area (Å²) in [7, 11) is 0. The van der Waals surface area contributed by atoms with Crippen LogP contribution in [0.5, 0.6) is 0 Å². The van der Waals surface area contributed by atoms with Crippen molar-refractivity contribution in [3.63, 3.8) is 0 Å². The van der Waals surface area contributed by atoms with Gasteiger partial charge in [0.1, 0.15) is 0 Å². The summed E-state index contributed by atoms with van der Waals surface area (Å²) in [6, 6.07) is 20.4. The minimum absolute atomic E-state index is 0.0176. The number of para-hydroxylation sites is 1. The monoisotopic (exact) mass is 498 g/mol. The molecule has 3 aromatic carbocycles. The molecule has 10 heteroatoms. The first-order valence-electron chi connectivity index (χ1n) is 11.2. The Kier molecular flexibility index (Phi) is 6.26. The van der Waals surface area contributed by atoms with E-state index in [1.807, 2.05) is 66.2 Å². The number of thioether (sulfide) groups is 1. The van der Waals surface area contributed by atoms with Crippen LogP contribution in [-0.2, 0) is 4.79 Å². The van der Waals surface area contributed by atoms with Crippen molar-refractivity contribution in [1.29, 1.82) is 0 Å². The number of carbonyl (C=O) groups is 1. The Morgan fingerprint density at radius 2 is 1.92 bits per heavy atom. The van der Waals surface area contributed by atoms with Crippen LogP contribution in [0.25, 0.3) is 28.0 Å². The zero-order chi connectivity index (χ0) is 25.2. The van der Waals surface area contributed by atoms with Crippen molar-refractivity contribution >= 4 is 39.9 Å². The first-order chi connectivity index (χ1) is 17.4. The Hall–Kier alpha value is -4.44. The van der Waals surface area contributed by atoms with E-state index in [0.29, 0.717) is 22.2 Å². The SMILES string of the molecule is Cc1cccc(-n2c(SCC(=O)Nc3ccc([N+](=O)[O-])cc3C)nnc2-c2c[nH]c3ccccc23)c1. The van der Waals surface area contributed by atoms with Gasteiger partial charge in [0.25, 0.3) is 5.69 Å². The van der Waals surface area contributed by atoms with Crippen molar-refractivity contribution in [1.82, 2.24) is 19.7 Å². The van der Waals surface area contributed by atoms with Crippen LogP contribution >= 0.6 is 11.8 Å². The maximum atomic E-state index is 12.7. The summed E-state index contributed by atoms with van der Waals surface area (Å²) < 4.78 is 1.96. The molecule has 0 spiro atoms. The Labute approximate surface area is 210 Å². The van der Waals surface area contributed by atoms with Crippen LogP contribution in [0.4, 0.5) is 11.4 Å². The lowest BCUT2D eigenvalue weighted by Crippen LogP contribution is -2.15. The summed E-state index contributed by atoms with van der Waals surface area (Å²) in [6.07, 6.45) is 1.92. The van der Waals surface area contributed by atoms with Gasteiger partial charge in [0.15, 0.2) is 11.0 Å². The Balaban J connectivity index is 1.44. The number of anilines is 1. The van der Waals surface area contributed by atoms with Gasteiger partial charge in [-0.3, -0.25) is 19.5 Å². The smallest absolute Gasteiger partial charge is 0.269 e. The number of aromatic nitrogens is 4. The molecule has 2 N–H and O–H groups in total. The van der Waals surface area contributed by atoms with Gasteiger partial charge in [-0.2, -0.15) is 0 Å². The van der Waals surface area contributed by atoms with Crippen molar-refractivity contribution < 1.29 is 9.72 Å².